The summed E-state index contributed by atoms with van der Waals surface area (Å²) in [6.45, 7) is 4.68. The van der Waals surface area contributed by atoms with Crippen LogP contribution in [0.4, 0.5) is 5.13 Å². The van der Waals surface area contributed by atoms with Crippen LogP contribution in [0.15, 0.2) is 0 Å². The highest BCUT2D eigenvalue weighted by Gasteiger charge is 2.42. The number of ether oxygens (including phenoxy) is 2. The van der Waals surface area contributed by atoms with Crippen LogP contribution in [0.1, 0.15) is 18.4 Å². The average molecular weight is 243 g/mol. The molecule has 0 spiro atoms. The standard InChI is InChI=1S/C10H17N3O2S/c1-4-15-8-5-7(9(8)14-3)11-10-13-12-6(2)16-10/h7-9H,4-5H2,1-3H3,(H,11,13). The smallest absolute Gasteiger partial charge is 0.205 e. The zero-order valence-corrected chi connectivity index (χ0v) is 10.6. The molecule has 0 saturated heterocycles. The molecule has 5 nitrogen and oxygen atoms in total. The molecule has 3 atom stereocenters. The summed E-state index contributed by atoms with van der Waals surface area (Å²) in [6, 6.07) is 0.286. The summed E-state index contributed by atoms with van der Waals surface area (Å²) in [5, 5.41) is 13.2. The molecule has 6 heteroatoms. The molecule has 3 unspecified atom stereocenters. The Morgan fingerprint density at radius 3 is 2.88 bits per heavy atom. The molecule has 0 radical (unpaired) electrons. The SMILES string of the molecule is CCOC1CC(Nc2nnc(C)s2)C1OC. The molecular formula is C10H17N3O2S. The van der Waals surface area contributed by atoms with E-state index in [1.54, 1.807) is 18.4 Å². The summed E-state index contributed by atoms with van der Waals surface area (Å²) < 4.78 is 11.0. The van der Waals surface area contributed by atoms with Gasteiger partial charge in [0.1, 0.15) is 11.1 Å². The molecule has 0 amide bonds. The molecule has 1 fully saturated rings. The number of nitrogens with one attached hydrogen (secondary N) is 1. The normalized spacial score (nSPS) is 28.8. The number of aryl methyl sites for hydroxylation is 1. The molecule has 1 aromatic rings. The van der Waals surface area contributed by atoms with E-state index in [2.05, 4.69) is 15.5 Å². The molecule has 16 heavy (non-hydrogen) atoms. The van der Waals surface area contributed by atoms with Gasteiger partial charge in [0.15, 0.2) is 0 Å². The van der Waals surface area contributed by atoms with E-state index in [9.17, 15) is 0 Å². The largest absolute Gasteiger partial charge is 0.377 e. The van der Waals surface area contributed by atoms with E-state index in [1.807, 2.05) is 13.8 Å². The van der Waals surface area contributed by atoms with Crippen LogP contribution < -0.4 is 5.32 Å². The minimum absolute atomic E-state index is 0.115. The average Bonchev–Trinajstić information content (AvgIpc) is 2.63. The number of methoxy groups -OCH3 is 1. The molecule has 1 aromatic heterocycles. The zero-order valence-electron chi connectivity index (χ0n) is 9.77. The molecule has 2 rings (SSSR count). The molecule has 1 aliphatic rings. The van der Waals surface area contributed by atoms with Crippen LogP contribution in [0.5, 0.6) is 0 Å². The third-order valence-corrected chi connectivity index (χ3v) is 3.51. The Labute approximate surface area is 99.2 Å². The Hall–Kier alpha value is -0.720. The highest BCUT2D eigenvalue weighted by molar-refractivity contribution is 7.15. The second-order valence-electron chi connectivity index (χ2n) is 3.81. The highest BCUT2D eigenvalue weighted by atomic mass is 32.1. The molecule has 1 aliphatic carbocycles. The summed E-state index contributed by atoms with van der Waals surface area (Å²) in [5.41, 5.74) is 0. The summed E-state index contributed by atoms with van der Waals surface area (Å²) in [7, 11) is 1.72. The van der Waals surface area contributed by atoms with E-state index >= 15 is 0 Å². The first kappa shape index (κ1) is 11.8. The van der Waals surface area contributed by atoms with Gasteiger partial charge in [0.25, 0.3) is 0 Å². The predicted molar refractivity (Wildman–Crippen MR) is 62.9 cm³/mol. The molecule has 1 saturated carbocycles. The number of rotatable bonds is 5. The number of hydrogen-bond acceptors (Lipinski definition) is 6. The summed E-state index contributed by atoms with van der Waals surface area (Å²) >= 11 is 1.56. The second-order valence-corrected chi connectivity index (χ2v) is 4.99. The third-order valence-electron chi connectivity index (χ3n) is 2.74. The Kier molecular flexibility index (Phi) is 3.73. The monoisotopic (exact) mass is 243 g/mol. The van der Waals surface area contributed by atoms with Crippen molar-refractivity contribution in [1.29, 1.82) is 0 Å². The Balaban J connectivity index is 1.88. The lowest BCUT2D eigenvalue weighted by atomic mass is 9.85. The Bertz CT molecular complexity index is 345. The summed E-state index contributed by atoms with van der Waals surface area (Å²) in [6.07, 6.45) is 1.29. The minimum Gasteiger partial charge on any atom is -0.377 e. The third kappa shape index (κ3) is 2.34. The van der Waals surface area contributed by atoms with Crippen LogP contribution in [0.3, 0.4) is 0 Å². The van der Waals surface area contributed by atoms with Crippen LogP contribution in [0.2, 0.25) is 0 Å². The quantitative estimate of drug-likeness (QED) is 0.848. The van der Waals surface area contributed by atoms with Crippen molar-refractivity contribution in [1.82, 2.24) is 10.2 Å². The lowest BCUT2D eigenvalue weighted by Crippen LogP contribution is -2.56. The van der Waals surface area contributed by atoms with Gasteiger partial charge in [-0.05, 0) is 20.3 Å². The molecule has 90 valence electrons. The second kappa shape index (κ2) is 5.07. The number of hydrogen-bond donors (Lipinski definition) is 1. The van der Waals surface area contributed by atoms with Gasteiger partial charge >= 0.3 is 0 Å². The van der Waals surface area contributed by atoms with E-state index in [0.717, 1.165) is 23.2 Å². The fourth-order valence-electron chi connectivity index (χ4n) is 1.93. The highest BCUT2D eigenvalue weighted by Crippen LogP contribution is 2.30. The molecular weight excluding hydrogens is 226 g/mol. The predicted octanol–water partition coefficient (Wildman–Crippen LogP) is 1.45. The maximum Gasteiger partial charge on any atom is 0.205 e. The molecule has 0 aliphatic heterocycles. The molecule has 1 heterocycles. The van der Waals surface area contributed by atoms with Gasteiger partial charge in [-0.2, -0.15) is 0 Å². The summed E-state index contributed by atoms with van der Waals surface area (Å²) in [5.74, 6) is 0. The van der Waals surface area contributed by atoms with Gasteiger partial charge < -0.3 is 14.8 Å². The van der Waals surface area contributed by atoms with Gasteiger partial charge in [0.2, 0.25) is 5.13 Å². The van der Waals surface area contributed by atoms with Crippen molar-refractivity contribution in [3.63, 3.8) is 0 Å². The zero-order chi connectivity index (χ0) is 11.5. The van der Waals surface area contributed by atoms with Crippen molar-refractivity contribution in [3.05, 3.63) is 5.01 Å². The van der Waals surface area contributed by atoms with Crippen molar-refractivity contribution >= 4 is 16.5 Å². The van der Waals surface area contributed by atoms with Gasteiger partial charge in [-0.15, -0.1) is 10.2 Å². The van der Waals surface area contributed by atoms with Crippen molar-refractivity contribution in [3.8, 4) is 0 Å². The first-order chi connectivity index (χ1) is 7.74. The lowest BCUT2D eigenvalue weighted by Gasteiger charge is -2.43. The van der Waals surface area contributed by atoms with Gasteiger partial charge in [0.05, 0.1) is 12.1 Å². The van der Waals surface area contributed by atoms with Crippen molar-refractivity contribution in [2.24, 2.45) is 0 Å². The van der Waals surface area contributed by atoms with E-state index in [1.165, 1.54) is 0 Å². The molecule has 0 bridgehead atoms. The van der Waals surface area contributed by atoms with Crippen LogP contribution >= 0.6 is 11.3 Å². The summed E-state index contributed by atoms with van der Waals surface area (Å²) in [4.78, 5) is 0. The maximum absolute atomic E-state index is 5.56. The first-order valence-electron chi connectivity index (χ1n) is 5.45. The Morgan fingerprint density at radius 1 is 1.50 bits per heavy atom. The van der Waals surface area contributed by atoms with Crippen LogP contribution in [-0.4, -0.2) is 42.2 Å². The molecule has 0 aromatic carbocycles. The maximum atomic E-state index is 5.56. The van der Waals surface area contributed by atoms with Crippen molar-refractivity contribution in [2.45, 2.75) is 38.5 Å². The van der Waals surface area contributed by atoms with Gasteiger partial charge in [0, 0.05) is 13.7 Å². The van der Waals surface area contributed by atoms with Gasteiger partial charge in [-0.1, -0.05) is 11.3 Å². The fourth-order valence-corrected chi connectivity index (χ4v) is 2.58. The minimum atomic E-state index is 0.115. The van der Waals surface area contributed by atoms with E-state index in [-0.39, 0.29) is 18.2 Å². The fraction of sp³-hybridized carbons (Fsp3) is 0.800. The lowest BCUT2D eigenvalue weighted by molar-refractivity contribution is -0.118. The van der Waals surface area contributed by atoms with E-state index in [0.29, 0.717) is 0 Å². The van der Waals surface area contributed by atoms with Crippen molar-refractivity contribution in [2.75, 3.05) is 19.0 Å². The number of nitrogens with zero attached hydrogens (tertiary/aromatic N) is 2. The van der Waals surface area contributed by atoms with Gasteiger partial charge in [-0.3, -0.25) is 0 Å². The number of anilines is 1. The topological polar surface area (TPSA) is 56.3 Å². The van der Waals surface area contributed by atoms with Crippen LogP contribution in [0.25, 0.3) is 0 Å². The Morgan fingerprint density at radius 2 is 2.31 bits per heavy atom. The number of aromatic nitrogens is 2. The van der Waals surface area contributed by atoms with Crippen LogP contribution in [-0.2, 0) is 9.47 Å². The van der Waals surface area contributed by atoms with E-state index in [4.69, 9.17) is 9.47 Å². The molecule has 1 N–H and O–H groups in total. The van der Waals surface area contributed by atoms with Crippen molar-refractivity contribution < 1.29 is 9.47 Å². The van der Waals surface area contributed by atoms with E-state index < -0.39 is 0 Å². The first-order valence-corrected chi connectivity index (χ1v) is 6.27. The van der Waals surface area contributed by atoms with Gasteiger partial charge in [-0.25, -0.2) is 0 Å². The van der Waals surface area contributed by atoms with Crippen LogP contribution in [0, 0.1) is 6.92 Å².